The van der Waals surface area contributed by atoms with Crippen LogP contribution in [0.4, 0.5) is 10.7 Å². The molecular formula is C22H22N6O2. The van der Waals surface area contributed by atoms with E-state index >= 15 is 0 Å². The minimum absolute atomic E-state index is 0.323. The lowest BCUT2D eigenvalue weighted by molar-refractivity contribution is 0.252. The number of nitrogens with zero attached hydrogens (tertiary/aromatic N) is 3. The van der Waals surface area contributed by atoms with E-state index in [0.717, 1.165) is 27.8 Å². The normalized spacial score (nSPS) is 10.8. The molecule has 8 nitrogen and oxygen atoms in total. The number of pyridine rings is 2. The third-order valence-corrected chi connectivity index (χ3v) is 4.61. The molecule has 152 valence electrons. The highest BCUT2D eigenvalue weighted by Crippen LogP contribution is 2.36. The van der Waals surface area contributed by atoms with Crippen LogP contribution in [0.15, 0.2) is 48.9 Å². The number of imidazole rings is 1. The number of aromatic nitrogens is 4. The third-order valence-electron chi connectivity index (χ3n) is 4.61. The van der Waals surface area contributed by atoms with Crippen LogP contribution in [0, 0.1) is 6.92 Å². The number of rotatable bonds is 5. The molecule has 3 aromatic heterocycles. The number of fused-ring (bicyclic) bond motifs is 1. The predicted octanol–water partition coefficient (Wildman–Crippen LogP) is 4.15. The van der Waals surface area contributed by atoms with Crippen molar-refractivity contribution in [2.45, 2.75) is 13.8 Å². The zero-order chi connectivity index (χ0) is 21.1. The number of amides is 2. The summed E-state index contributed by atoms with van der Waals surface area (Å²) < 4.78 is 5.52. The lowest BCUT2D eigenvalue weighted by Gasteiger charge is -2.10. The van der Waals surface area contributed by atoms with Crippen molar-refractivity contribution in [2.75, 3.05) is 19.0 Å². The monoisotopic (exact) mass is 402 g/mol. The molecule has 0 aliphatic rings. The number of H-pyrrole nitrogens is 1. The Hall–Kier alpha value is -3.94. The van der Waals surface area contributed by atoms with Gasteiger partial charge in [-0.25, -0.2) is 9.78 Å². The zero-order valence-corrected chi connectivity index (χ0v) is 17.0. The van der Waals surface area contributed by atoms with E-state index in [-0.39, 0.29) is 6.03 Å². The molecule has 0 aliphatic carbocycles. The highest BCUT2D eigenvalue weighted by Gasteiger charge is 2.17. The molecule has 0 fully saturated rings. The number of urea groups is 1. The number of hydrogen-bond acceptors (Lipinski definition) is 5. The van der Waals surface area contributed by atoms with Crippen molar-refractivity contribution in [3.63, 3.8) is 0 Å². The van der Waals surface area contributed by atoms with Gasteiger partial charge in [0.05, 0.1) is 12.6 Å². The molecule has 4 rings (SSSR count). The number of carbonyl (C=O) groups is 1. The van der Waals surface area contributed by atoms with Crippen LogP contribution in [0.5, 0.6) is 5.75 Å². The first kappa shape index (κ1) is 19.4. The summed E-state index contributed by atoms with van der Waals surface area (Å²) in [6.45, 7) is 4.38. The first-order valence-electron chi connectivity index (χ1n) is 9.59. The molecule has 0 aliphatic heterocycles. The van der Waals surface area contributed by atoms with E-state index in [9.17, 15) is 4.79 Å². The SMILES string of the molecule is CCNC(=O)Nc1nc2c(-c3ncccc3OC)cc(-c3cncc(C)c3)cc2[nH]1. The summed E-state index contributed by atoms with van der Waals surface area (Å²) >= 11 is 0. The Morgan fingerprint density at radius 3 is 2.83 bits per heavy atom. The maximum atomic E-state index is 11.9. The van der Waals surface area contributed by atoms with Gasteiger partial charge in [-0.2, -0.15) is 0 Å². The Labute approximate surface area is 173 Å². The molecule has 3 heterocycles. The Kier molecular flexibility index (Phi) is 5.30. The number of benzene rings is 1. The van der Waals surface area contributed by atoms with E-state index < -0.39 is 0 Å². The Morgan fingerprint density at radius 2 is 2.07 bits per heavy atom. The number of ether oxygens (including phenoxy) is 1. The highest BCUT2D eigenvalue weighted by molar-refractivity contribution is 5.98. The van der Waals surface area contributed by atoms with Gasteiger partial charge >= 0.3 is 6.03 Å². The molecular weight excluding hydrogens is 380 g/mol. The number of carbonyl (C=O) groups excluding carboxylic acids is 1. The minimum Gasteiger partial charge on any atom is -0.494 e. The average molecular weight is 402 g/mol. The quantitative estimate of drug-likeness (QED) is 0.465. The molecule has 1 aromatic carbocycles. The lowest BCUT2D eigenvalue weighted by atomic mass is 10.00. The van der Waals surface area contributed by atoms with Crippen molar-refractivity contribution in [3.8, 4) is 28.1 Å². The largest absolute Gasteiger partial charge is 0.494 e. The number of aromatic amines is 1. The van der Waals surface area contributed by atoms with Crippen molar-refractivity contribution in [1.82, 2.24) is 25.3 Å². The summed E-state index contributed by atoms with van der Waals surface area (Å²) in [5.74, 6) is 0.992. The highest BCUT2D eigenvalue weighted by atomic mass is 16.5. The van der Waals surface area contributed by atoms with Crippen LogP contribution in [0.2, 0.25) is 0 Å². The molecule has 0 spiro atoms. The molecule has 0 saturated heterocycles. The second-order valence-corrected chi connectivity index (χ2v) is 6.80. The molecule has 0 saturated carbocycles. The topological polar surface area (TPSA) is 105 Å². The fraction of sp³-hybridized carbons (Fsp3) is 0.182. The van der Waals surface area contributed by atoms with Gasteiger partial charge in [-0.05, 0) is 55.3 Å². The number of aryl methyl sites for hydroxylation is 1. The standard InChI is InChI=1S/C22H22N6O2/c1-4-24-22(29)28-21-26-17-10-14(15-8-13(2)11-23-12-15)9-16(19(17)27-21)20-18(30-3)6-5-7-25-20/h5-12H,4H2,1-3H3,(H3,24,26,27,28,29). The van der Waals surface area contributed by atoms with Crippen LogP contribution in [0.3, 0.4) is 0 Å². The lowest BCUT2D eigenvalue weighted by Crippen LogP contribution is -2.28. The van der Waals surface area contributed by atoms with Crippen molar-refractivity contribution in [3.05, 3.63) is 54.5 Å². The van der Waals surface area contributed by atoms with E-state index in [4.69, 9.17) is 4.74 Å². The average Bonchev–Trinajstić information content (AvgIpc) is 3.15. The van der Waals surface area contributed by atoms with Crippen LogP contribution >= 0.6 is 0 Å². The van der Waals surface area contributed by atoms with E-state index in [0.29, 0.717) is 29.5 Å². The molecule has 30 heavy (non-hydrogen) atoms. The predicted molar refractivity (Wildman–Crippen MR) is 117 cm³/mol. The van der Waals surface area contributed by atoms with Gasteiger partial charge in [0.2, 0.25) is 5.95 Å². The van der Waals surface area contributed by atoms with Gasteiger partial charge in [0.25, 0.3) is 0 Å². The second-order valence-electron chi connectivity index (χ2n) is 6.80. The molecule has 0 radical (unpaired) electrons. The van der Waals surface area contributed by atoms with Crippen molar-refractivity contribution < 1.29 is 9.53 Å². The molecule has 3 N–H and O–H groups in total. The third kappa shape index (κ3) is 3.80. The van der Waals surface area contributed by atoms with Crippen LogP contribution in [-0.2, 0) is 0 Å². The van der Waals surface area contributed by atoms with E-state index in [1.54, 1.807) is 13.3 Å². The maximum absolute atomic E-state index is 11.9. The Balaban J connectivity index is 1.92. The summed E-state index contributed by atoms with van der Waals surface area (Å²) in [7, 11) is 1.61. The number of hydrogen-bond donors (Lipinski definition) is 3. The van der Waals surface area contributed by atoms with Crippen molar-refractivity contribution in [2.24, 2.45) is 0 Å². The molecule has 0 bridgehead atoms. The molecule has 0 unspecified atom stereocenters. The van der Waals surface area contributed by atoms with Gasteiger partial charge in [0.15, 0.2) is 0 Å². The molecule has 8 heteroatoms. The molecule has 0 atom stereocenters. The number of methoxy groups -OCH3 is 1. The fourth-order valence-corrected chi connectivity index (χ4v) is 3.31. The zero-order valence-electron chi connectivity index (χ0n) is 17.0. The van der Waals surface area contributed by atoms with Gasteiger partial charge in [0.1, 0.15) is 17.0 Å². The van der Waals surface area contributed by atoms with Crippen LogP contribution in [0.25, 0.3) is 33.4 Å². The maximum Gasteiger partial charge on any atom is 0.321 e. The first-order valence-corrected chi connectivity index (χ1v) is 9.59. The van der Waals surface area contributed by atoms with Gasteiger partial charge < -0.3 is 15.0 Å². The van der Waals surface area contributed by atoms with Crippen molar-refractivity contribution >= 4 is 23.0 Å². The van der Waals surface area contributed by atoms with Gasteiger partial charge in [-0.1, -0.05) is 0 Å². The summed E-state index contributed by atoms with van der Waals surface area (Å²) in [5, 5.41) is 5.42. The van der Waals surface area contributed by atoms with Crippen LogP contribution in [0.1, 0.15) is 12.5 Å². The summed E-state index contributed by atoms with van der Waals surface area (Å²) in [4.78, 5) is 28.6. The van der Waals surface area contributed by atoms with Crippen molar-refractivity contribution in [1.29, 1.82) is 0 Å². The number of anilines is 1. The summed E-state index contributed by atoms with van der Waals surface area (Å²) in [5.41, 5.74) is 5.90. The second kappa shape index (κ2) is 8.20. The van der Waals surface area contributed by atoms with E-state index in [1.165, 1.54) is 0 Å². The number of nitrogens with one attached hydrogen (secondary N) is 3. The van der Waals surface area contributed by atoms with Gasteiger partial charge in [-0.3, -0.25) is 15.3 Å². The van der Waals surface area contributed by atoms with Crippen LogP contribution in [-0.4, -0.2) is 39.6 Å². The summed E-state index contributed by atoms with van der Waals surface area (Å²) in [6.07, 6.45) is 5.35. The molecule has 2 amide bonds. The molecule has 4 aromatic rings. The smallest absolute Gasteiger partial charge is 0.321 e. The van der Waals surface area contributed by atoms with Gasteiger partial charge in [-0.15, -0.1) is 0 Å². The van der Waals surface area contributed by atoms with Gasteiger partial charge in [0, 0.05) is 36.3 Å². The van der Waals surface area contributed by atoms with Crippen LogP contribution < -0.4 is 15.4 Å². The first-order chi connectivity index (χ1) is 14.6. The Morgan fingerprint density at radius 1 is 1.20 bits per heavy atom. The van der Waals surface area contributed by atoms with E-state index in [2.05, 4.69) is 36.6 Å². The van der Waals surface area contributed by atoms with E-state index in [1.807, 2.05) is 50.5 Å². The Bertz CT molecular complexity index is 1220. The fourth-order valence-electron chi connectivity index (χ4n) is 3.31. The minimum atomic E-state index is -0.323. The summed E-state index contributed by atoms with van der Waals surface area (Å²) in [6, 6.07) is 9.42.